The van der Waals surface area contributed by atoms with Crippen LogP contribution in [0, 0.1) is 5.41 Å². The molecule has 0 radical (unpaired) electrons. The van der Waals surface area contributed by atoms with Crippen LogP contribution in [0.3, 0.4) is 0 Å². The number of hydrogen-bond acceptors (Lipinski definition) is 2. The Kier molecular flexibility index (Phi) is 3.48. The summed E-state index contributed by atoms with van der Waals surface area (Å²) < 4.78 is 0. The summed E-state index contributed by atoms with van der Waals surface area (Å²) in [6.07, 6.45) is 4.03. The van der Waals surface area contributed by atoms with E-state index in [4.69, 9.17) is 5.73 Å². The number of amides is 1. The van der Waals surface area contributed by atoms with Crippen molar-refractivity contribution in [1.82, 2.24) is 5.32 Å². The maximum absolute atomic E-state index is 10.9. The molecule has 0 heterocycles. The summed E-state index contributed by atoms with van der Waals surface area (Å²) in [6.45, 7) is 4.26. The van der Waals surface area contributed by atoms with Gasteiger partial charge in [-0.05, 0) is 36.0 Å². The zero-order valence-electron chi connectivity index (χ0n) is 10.3. The molecule has 3 N–H and O–H groups in total. The maximum atomic E-state index is 10.9. The summed E-state index contributed by atoms with van der Waals surface area (Å²) >= 11 is 0. The van der Waals surface area contributed by atoms with E-state index < -0.39 is 0 Å². The van der Waals surface area contributed by atoms with E-state index in [2.05, 4.69) is 12.2 Å². The van der Waals surface area contributed by atoms with Gasteiger partial charge in [0.1, 0.15) is 0 Å². The lowest BCUT2D eigenvalue weighted by atomic mass is 9.70. The molecule has 0 aromatic heterocycles. The Bertz CT molecular complexity index is 393. The van der Waals surface area contributed by atoms with Gasteiger partial charge >= 0.3 is 0 Å². The van der Waals surface area contributed by atoms with Crippen molar-refractivity contribution in [3.8, 4) is 0 Å². The van der Waals surface area contributed by atoms with Crippen LogP contribution in [0.5, 0.6) is 0 Å². The van der Waals surface area contributed by atoms with Crippen LogP contribution in [0.25, 0.3) is 0 Å². The molecule has 0 spiro atoms. The Morgan fingerprint density at radius 3 is 2.47 bits per heavy atom. The lowest BCUT2D eigenvalue weighted by Crippen LogP contribution is -2.36. The van der Waals surface area contributed by atoms with E-state index in [0.29, 0.717) is 11.0 Å². The molecule has 2 rings (SSSR count). The van der Waals surface area contributed by atoms with E-state index in [1.165, 1.54) is 24.8 Å². The van der Waals surface area contributed by atoms with Crippen LogP contribution < -0.4 is 11.1 Å². The van der Waals surface area contributed by atoms with E-state index in [1.54, 1.807) is 12.1 Å². The predicted molar refractivity (Wildman–Crippen MR) is 68.6 cm³/mol. The lowest BCUT2D eigenvalue weighted by Gasteiger charge is -2.38. The molecule has 92 valence electrons. The van der Waals surface area contributed by atoms with E-state index >= 15 is 0 Å². The Morgan fingerprint density at radius 1 is 1.35 bits per heavy atom. The smallest absolute Gasteiger partial charge is 0.248 e. The molecular weight excluding hydrogens is 212 g/mol. The Labute approximate surface area is 102 Å². The van der Waals surface area contributed by atoms with Gasteiger partial charge < -0.3 is 11.1 Å². The fraction of sp³-hybridized carbons (Fsp3) is 0.500. The second kappa shape index (κ2) is 4.88. The second-order valence-electron chi connectivity index (χ2n) is 5.33. The molecule has 1 saturated carbocycles. The fourth-order valence-electron chi connectivity index (χ4n) is 2.25. The summed E-state index contributed by atoms with van der Waals surface area (Å²) in [4.78, 5) is 10.9. The average molecular weight is 232 g/mol. The van der Waals surface area contributed by atoms with Crippen molar-refractivity contribution in [2.75, 3.05) is 6.54 Å². The van der Waals surface area contributed by atoms with Crippen LogP contribution in [0.1, 0.15) is 42.1 Å². The first kappa shape index (κ1) is 12.1. The molecule has 1 aliphatic rings. The standard InChI is InChI=1S/C14H20N2O/c1-14(7-2-8-14)10-16-9-11-3-5-12(6-4-11)13(15)17/h3-6,16H,2,7-10H2,1H3,(H2,15,17). The highest BCUT2D eigenvalue weighted by Gasteiger charge is 2.30. The van der Waals surface area contributed by atoms with Crippen molar-refractivity contribution < 1.29 is 4.79 Å². The van der Waals surface area contributed by atoms with Gasteiger partial charge in [-0.1, -0.05) is 25.5 Å². The van der Waals surface area contributed by atoms with Gasteiger partial charge in [0.05, 0.1) is 0 Å². The van der Waals surface area contributed by atoms with Gasteiger partial charge in [-0.3, -0.25) is 4.79 Å². The summed E-state index contributed by atoms with van der Waals surface area (Å²) in [6, 6.07) is 7.47. The molecule has 3 heteroatoms. The van der Waals surface area contributed by atoms with Crippen LogP contribution in [-0.4, -0.2) is 12.5 Å². The molecule has 3 nitrogen and oxygen atoms in total. The number of carbonyl (C=O) groups is 1. The van der Waals surface area contributed by atoms with Crippen molar-refractivity contribution in [2.24, 2.45) is 11.1 Å². The number of nitrogens with one attached hydrogen (secondary N) is 1. The summed E-state index contributed by atoms with van der Waals surface area (Å²) in [5.74, 6) is -0.369. The van der Waals surface area contributed by atoms with Crippen molar-refractivity contribution in [3.05, 3.63) is 35.4 Å². The van der Waals surface area contributed by atoms with Gasteiger partial charge in [0, 0.05) is 18.7 Å². The van der Waals surface area contributed by atoms with Crippen molar-refractivity contribution in [1.29, 1.82) is 0 Å². The fourth-order valence-corrected chi connectivity index (χ4v) is 2.25. The van der Waals surface area contributed by atoms with Gasteiger partial charge in [0.2, 0.25) is 5.91 Å². The van der Waals surface area contributed by atoms with E-state index in [0.717, 1.165) is 13.1 Å². The largest absolute Gasteiger partial charge is 0.366 e. The molecule has 1 fully saturated rings. The minimum absolute atomic E-state index is 0.369. The van der Waals surface area contributed by atoms with Crippen molar-refractivity contribution in [3.63, 3.8) is 0 Å². The zero-order valence-corrected chi connectivity index (χ0v) is 10.3. The van der Waals surface area contributed by atoms with Crippen LogP contribution in [0.4, 0.5) is 0 Å². The monoisotopic (exact) mass is 232 g/mol. The van der Waals surface area contributed by atoms with Crippen LogP contribution in [0.15, 0.2) is 24.3 Å². The molecule has 1 aliphatic carbocycles. The molecule has 1 aromatic carbocycles. The zero-order chi connectivity index (χ0) is 12.3. The van der Waals surface area contributed by atoms with Gasteiger partial charge in [0.25, 0.3) is 0 Å². The quantitative estimate of drug-likeness (QED) is 0.816. The minimum Gasteiger partial charge on any atom is -0.366 e. The van der Waals surface area contributed by atoms with Gasteiger partial charge in [-0.25, -0.2) is 0 Å². The second-order valence-corrected chi connectivity index (χ2v) is 5.33. The van der Waals surface area contributed by atoms with Crippen LogP contribution >= 0.6 is 0 Å². The lowest BCUT2D eigenvalue weighted by molar-refractivity contribution is 0.100. The Balaban J connectivity index is 1.80. The number of nitrogens with two attached hydrogens (primary N) is 1. The topological polar surface area (TPSA) is 55.1 Å². The normalized spacial score (nSPS) is 17.5. The molecule has 0 bridgehead atoms. The van der Waals surface area contributed by atoms with E-state index in [1.807, 2.05) is 12.1 Å². The maximum Gasteiger partial charge on any atom is 0.248 e. The third kappa shape index (κ3) is 3.07. The molecule has 0 saturated heterocycles. The number of rotatable bonds is 5. The summed E-state index contributed by atoms with van der Waals surface area (Å²) in [5, 5.41) is 3.48. The van der Waals surface area contributed by atoms with Crippen molar-refractivity contribution >= 4 is 5.91 Å². The summed E-state index contributed by atoms with van der Waals surface area (Å²) in [7, 11) is 0. The molecule has 17 heavy (non-hydrogen) atoms. The molecule has 1 amide bonds. The van der Waals surface area contributed by atoms with Crippen LogP contribution in [0.2, 0.25) is 0 Å². The number of primary amides is 1. The Hall–Kier alpha value is -1.35. The van der Waals surface area contributed by atoms with Gasteiger partial charge in [0.15, 0.2) is 0 Å². The number of hydrogen-bond donors (Lipinski definition) is 2. The number of carbonyl (C=O) groups excluding carboxylic acids is 1. The van der Waals surface area contributed by atoms with E-state index in [-0.39, 0.29) is 5.91 Å². The molecule has 0 unspecified atom stereocenters. The first-order chi connectivity index (χ1) is 8.09. The van der Waals surface area contributed by atoms with Crippen LogP contribution in [-0.2, 0) is 6.54 Å². The Morgan fingerprint density at radius 2 is 2.00 bits per heavy atom. The van der Waals surface area contributed by atoms with Crippen molar-refractivity contribution in [2.45, 2.75) is 32.7 Å². The molecule has 0 atom stereocenters. The third-order valence-electron chi connectivity index (χ3n) is 3.68. The highest BCUT2D eigenvalue weighted by Crippen LogP contribution is 2.39. The summed E-state index contributed by atoms with van der Waals surface area (Å²) in [5.41, 5.74) is 7.46. The molecule has 0 aliphatic heterocycles. The average Bonchev–Trinajstić information content (AvgIpc) is 2.27. The highest BCUT2D eigenvalue weighted by molar-refractivity contribution is 5.92. The first-order valence-corrected chi connectivity index (χ1v) is 6.19. The first-order valence-electron chi connectivity index (χ1n) is 6.19. The molecular formula is C14H20N2O. The van der Waals surface area contributed by atoms with E-state index in [9.17, 15) is 4.79 Å². The van der Waals surface area contributed by atoms with Gasteiger partial charge in [-0.2, -0.15) is 0 Å². The SMILES string of the molecule is CC1(CNCc2ccc(C(N)=O)cc2)CCC1. The predicted octanol–water partition coefficient (Wildman–Crippen LogP) is 2.07. The van der Waals surface area contributed by atoms with Gasteiger partial charge in [-0.15, -0.1) is 0 Å². The highest BCUT2D eigenvalue weighted by atomic mass is 16.1. The minimum atomic E-state index is -0.369. The number of benzene rings is 1. The third-order valence-corrected chi connectivity index (χ3v) is 3.68. The molecule has 1 aromatic rings.